The Balaban J connectivity index is 1.81. The Hall–Kier alpha value is -6.72. The molecule has 0 saturated heterocycles. The van der Waals surface area contributed by atoms with Gasteiger partial charge in [0.05, 0.1) is 33.4 Å². The van der Waals surface area contributed by atoms with Crippen molar-refractivity contribution in [3.05, 3.63) is 127 Å². The van der Waals surface area contributed by atoms with E-state index in [9.17, 15) is 49.2 Å². The number of alkyl halides is 6. The molecule has 0 aliphatic rings. The lowest BCUT2D eigenvalue weighted by atomic mass is 9.71. The minimum absolute atomic E-state index is 0.379. The Kier molecular flexibility index (Phi) is 10.9. The molecule has 4 N–H and O–H groups in total. The summed E-state index contributed by atoms with van der Waals surface area (Å²) in [6.45, 7) is 4.24. The van der Waals surface area contributed by atoms with E-state index in [1.807, 2.05) is 0 Å². The van der Waals surface area contributed by atoms with E-state index in [1.54, 1.807) is 0 Å². The molecule has 12 nitrogen and oxygen atoms in total. The second kappa shape index (κ2) is 14.6. The largest absolute Gasteiger partial charge is 0.478 e. The number of carboxylic acid groups (broad SMARTS) is 4. The Morgan fingerprint density at radius 2 is 0.727 bits per heavy atom. The lowest BCUT2D eigenvalue weighted by Gasteiger charge is -2.39. The second-order valence-corrected chi connectivity index (χ2v) is 12.1. The number of carbonyl (C=O) groups excluding carboxylic acids is 2. The number of benzene rings is 4. The predicted octanol–water partition coefficient (Wildman–Crippen LogP) is 7.56. The van der Waals surface area contributed by atoms with Gasteiger partial charge < -0.3 is 29.9 Å². The van der Waals surface area contributed by atoms with Gasteiger partial charge in [-0.2, -0.15) is 26.3 Å². The van der Waals surface area contributed by atoms with Crippen LogP contribution in [0.15, 0.2) is 60.7 Å². The van der Waals surface area contributed by atoms with Crippen LogP contribution >= 0.6 is 0 Å². The molecule has 0 spiro atoms. The minimum atomic E-state index is -6.09. The molecule has 0 amide bonds. The van der Waals surface area contributed by atoms with Crippen LogP contribution in [0.2, 0.25) is 0 Å². The van der Waals surface area contributed by atoms with Gasteiger partial charge in [0.1, 0.15) is 11.5 Å². The quantitative estimate of drug-likeness (QED) is 0.0701. The topological polar surface area (TPSA) is 202 Å². The van der Waals surface area contributed by atoms with Crippen LogP contribution in [0.5, 0.6) is 11.5 Å². The molecular formula is C37H26F6O12. The van der Waals surface area contributed by atoms with Crippen molar-refractivity contribution in [2.24, 2.45) is 0 Å². The van der Waals surface area contributed by atoms with Gasteiger partial charge in [0.15, 0.2) is 0 Å². The number of rotatable bonds is 10. The maximum Gasteiger partial charge on any atom is 0.411 e. The zero-order valence-electron chi connectivity index (χ0n) is 28.6. The summed E-state index contributed by atoms with van der Waals surface area (Å²) < 4.78 is 101. The third-order valence-corrected chi connectivity index (χ3v) is 8.46. The Morgan fingerprint density at radius 3 is 0.964 bits per heavy atom. The lowest BCUT2D eigenvalue weighted by molar-refractivity contribution is -0.288. The number of halogens is 6. The van der Waals surface area contributed by atoms with Gasteiger partial charge in [-0.1, -0.05) is 24.3 Å². The molecule has 4 aromatic rings. The first-order valence-corrected chi connectivity index (χ1v) is 15.4. The molecule has 4 rings (SSSR count). The first-order valence-electron chi connectivity index (χ1n) is 15.4. The van der Waals surface area contributed by atoms with Gasteiger partial charge in [-0.15, -0.1) is 0 Å². The number of carbonyl (C=O) groups is 6. The molecule has 55 heavy (non-hydrogen) atoms. The highest BCUT2D eigenvalue weighted by molar-refractivity contribution is 6.05. The summed E-state index contributed by atoms with van der Waals surface area (Å²) in [4.78, 5) is 71.7. The maximum absolute atomic E-state index is 15.1. The predicted molar refractivity (Wildman–Crippen MR) is 175 cm³/mol. The zero-order valence-corrected chi connectivity index (χ0v) is 28.6. The molecule has 288 valence electrons. The fraction of sp³-hybridized carbons (Fsp3) is 0.189. The van der Waals surface area contributed by atoms with Gasteiger partial charge >= 0.3 is 48.2 Å². The molecule has 0 fully saturated rings. The van der Waals surface area contributed by atoms with Crippen molar-refractivity contribution in [1.82, 2.24) is 0 Å². The third-order valence-electron chi connectivity index (χ3n) is 8.46. The third kappa shape index (κ3) is 7.55. The number of aryl methyl sites for hydroxylation is 4. The molecule has 18 heteroatoms. The molecule has 0 aliphatic carbocycles. The summed E-state index contributed by atoms with van der Waals surface area (Å²) >= 11 is 0. The van der Waals surface area contributed by atoms with Crippen molar-refractivity contribution in [3.63, 3.8) is 0 Å². The van der Waals surface area contributed by atoms with E-state index in [4.69, 9.17) is 9.47 Å². The van der Waals surface area contributed by atoms with Crippen LogP contribution in [0.3, 0.4) is 0 Å². The van der Waals surface area contributed by atoms with Gasteiger partial charge in [0, 0.05) is 0 Å². The number of ether oxygens (including phenoxy) is 2. The molecule has 0 radical (unpaired) electrons. The van der Waals surface area contributed by atoms with E-state index in [-0.39, 0.29) is 22.3 Å². The molecule has 0 aliphatic heterocycles. The average Bonchev–Trinajstić information content (AvgIpc) is 3.06. The van der Waals surface area contributed by atoms with Crippen LogP contribution in [-0.4, -0.2) is 68.6 Å². The van der Waals surface area contributed by atoms with Crippen molar-refractivity contribution >= 4 is 35.8 Å². The Morgan fingerprint density at radius 1 is 0.455 bits per heavy atom. The van der Waals surface area contributed by atoms with E-state index in [0.717, 1.165) is 52.0 Å². The van der Waals surface area contributed by atoms with Crippen molar-refractivity contribution in [1.29, 1.82) is 0 Å². The second-order valence-electron chi connectivity index (χ2n) is 12.1. The van der Waals surface area contributed by atoms with Crippen molar-refractivity contribution in [3.8, 4) is 11.5 Å². The molecule has 0 bridgehead atoms. The summed E-state index contributed by atoms with van der Waals surface area (Å²) in [5, 5.41) is 37.2. The normalized spacial score (nSPS) is 11.8. The van der Waals surface area contributed by atoms with Crippen LogP contribution in [0, 0.1) is 27.7 Å². The van der Waals surface area contributed by atoms with Crippen LogP contribution in [0.25, 0.3) is 0 Å². The molecule has 0 aromatic heterocycles. The highest BCUT2D eigenvalue weighted by Crippen LogP contribution is 2.57. The first-order chi connectivity index (χ1) is 25.3. The molecule has 0 heterocycles. The molecule has 0 saturated carbocycles. The minimum Gasteiger partial charge on any atom is -0.478 e. The SMILES string of the molecule is Cc1cc(C(c2cc(C)c(OC(=O)c3ccc(C(=O)O)c(C(=O)O)c3)c(C)c2)(C(F)(F)F)C(F)(F)F)cc(C)c1OC(=O)c1ccc(C(=O)O)c(C(=O)O)c1. The van der Waals surface area contributed by atoms with Gasteiger partial charge in [-0.25, -0.2) is 28.8 Å². The standard InChI is InChI=1S/C37H26F6O12/c1-15-9-21(10-16(2)27(15)54-33(52)19-5-7-23(29(44)45)25(13-19)31(48)49)35(36(38,39)40,37(41,42)43)22-11-17(3)28(18(4)12-22)55-34(53)20-6-8-24(30(46)47)26(14-20)32(50)51/h5-14H,1-4H3,(H,44,45)(H,46,47)(H,48,49)(H,50,51). The summed E-state index contributed by atoms with van der Waals surface area (Å²) in [6.07, 6.45) is -12.2. The Labute approximate surface area is 305 Å². The zero-order chi connectivity index (χ0) is 41.5. The van der Waals surface area contributed by atoms with Gasteiger partial charge in [0.25, 0.3) is 0 Å². The molecule has 0 unspecified atom stereocenters. The highest BCUT2D eigenvalue weighted by atomic mass is 19.4. The number of hydrogen-bond acceptors (Lipinski definition) is 8. The summed E-state index contributed by atoms with van der Waals surface area (Å²) in [6, 6.07) is 6.80. The van der Waals surface area contributed by atoms with Crippen LogP contribution in [0.4, 0.5) is 26.3 Å². The van der Waals surface area contributed by atoms with Crippen molar-refractivity contribution in [2.75, 3.05) is 0 Å². The van der Waals surface area contributed by atoms with E-state index < -0.39 is 110 Å². The van der Waals surface area contributed by atoms with E-state index in [2.05, 4.69) is 0 Å². The van der Waals surface area contributed by atoms with Crippen molar-refractivity contribution in [2.45, 2.75) is 45.5 Å². The smallest absolute Gasteiger partial charge is 0.411 e. The van der Waals surface area contributed by atoms with Crippen LogP contribution in [-0.2, 0) is 5.41 Å². The first kappa shape index (κ1) is 41.0. The molecular weight excluding hydrogens is 750 g/mol. The van der Waals surface area contributed by atoms with E-state index in [0.29, 0.717) is 36.4 Å². The molecule has 4 aromatic carbocycles. The van der Waals surface area contributed by atoms with Crippen molar-refractivity contribution < 1.29 is 85.0 Å². The maximum atomic E-state index is 15.1. The summed E-state index contributed by atoms with van der Waals surface area (Å²) in [7, 11) is 0. The van der Waals surface area contributed by atoms with E-state index >= 15 is 26.3 Å². The van der Waals surface area contributed by atoms with E-state index in [1.165, 1.54) is 0 Å². The molecule has 0 atom stereocenters. The van der Waals surface area contributed by atoms with Gasteiger partial charge in [0.2, 0.25) is 5.41 Å². The highest BCUT2D eigenvalue weighted by Gasteiger charge is 2.72. The number of carboxylic acids is 4. The summed E-state index contributed by atoms with van der Waals surface area (Å²) in [5.74, 6) is -10.2. The lowest BCUT2D eigenvalue weighted by Crippen LogP contribution is -2.55. The Bertz CT molecular complexity index is 2100. The fourth-order valence-corrected chi connectivity index (χ4v) is 6.01. The fourth-order valence-electron chi connectivity index (χ4n) is 6.01. The van der Waals surface area contributed by atoms with Crippen LogP contribution < -0.4 is 9.47 Å². The number of esters is 2. The monoisotopic (exact) mass is 776 g/mol. The summed E-state index contributed by atoms with van der Waals surface area (Å²) in [5.41, 5.74) is -12.8. The van der Waals surface area contributed by atoms with Crippen LogP contribution in [0.1, 0.15) is 95.5 Å². The van der Waals surface area contributed by atoms with Gasteiger partial charge in [-0.3, -0.25) is 0 Å². The van der Waals surface area contributed by atoms with Gasteiger partial charge in [-0.05, 0) is 97.5 Å². The average molecular weight is 777 g/mol. The number of aromatic carboxylic acids is 4. The number of hydrogen-bond donors (Lipinski definition) is 4.